The van der Waals surface area contributed by atoms with Crippen molar-refractivity contribution in [3.05, 3.63) is 52.1 Å². The number of H-pyrrole nitrogens is 1. The molecule has 216 valence electrons. The third-order valence-corrected chi connectivity index (χ3v) is 5.84. The van der Waals surface area contributed by atoms with Crippen LogP contribution in [0.5, 0.6) is 0 Å². The van der Waals surface area contributed by atoms with Gasteiger partial charge in [0.2, 0.25) is 11.9 Å². The van der Waals surface area contributed by atoms with Gasteiger partial charge in [-0.3, -0.25) is 29.0 Å². The van der Waals surface area contributed by atoms with Crippen LogP contribution in [-0.2, 0) is 25.7 Å². The molecule has 0 aliphatic carbocycles. The zero-order valence-electron chi connectivity index (χ0n) is 21.8. The highest BCUT2D eigenvalue weighted by molar-refractivity contribution is 5.97. The van der Waals surface area contributed by atoms with E-state index in [0.29, 0.717) is 11.4 Å². The Labute approximate surface area is 231 Å². The Hall–Kier alpha value is -5.41. The van der Waals surface area contributed by atoms with Crippen molar-refractivity contribution >= 4 is 52.3 Å². The fraction of sp³-hybridized carbons (Fsp3) is 0.320. The summed E-state index contributed by atoms with van der Waals surface area (Å²) >= 11 is 0. The largest absolute Gasteiger partial charge is 0.481 e. The minimum absolute atomic E-state index is 0.0350. The average Bonchev–Trinajstić information content (AvgIpc) is 2.91. The lowest BCUT2D eigenvalue weighted by molar-refractivity contribution is -0.140. The lowest BCUT2D eigenvalue weighted by Gasteiger charge is -2.17. The molecule has 3 aromatic rings. The Balaban J connectivity index is 1.54. The molecular weight excluding hydrogens is 540 g/mol. The first-order chi connectivity index (χ1) is 19.4. The van der Waals surface area contributed by atoms with Crippen LogP contribution in [0.25, 0.3) is 11.2 Å². The Morgan fingerprint density at radius 3 is 2.29 bits per heavy atom. The number of nitrogens with zero attached hydrogens (tertiary/aromatic N) is 3. The van der Waals surface area contributed by atoms with Gasteiger partial charge in [0.15, 0.2) is 16.9 Å². The molecule has 2 atom stereocenters. The van der Waals surface area contributed by atoms with E-state index in [4.69, 9.17) is 10.8 Å². The van der Waals surface area contributed by atoms with Crippen LogP contribution in [0.2, 0.25) is 0 Å². The minimum Gasteiger partial charge on any atom is -0.481 e. The normalized spacial score (nSPS) is 12.2. The number of nitrogen functional groups attached to an aromatic ring is 1. The van der Waals surface area contributed by atoms with E-state index in [1.54, 1.807) is 12.1 Å². The summed E-state index contributed by atoms with van der Waals surface area (Å²) in [6.07, 6.45) is 0.450. The molecule has 0 saturated carbocycles. The lowest BCUT2D eigenvalue weighted by atomic mass is 10.1. The van der Waals surface area contributed by atoms with Gasteiger partial charge in [-0.1, -0.05) is 0 Å². The number of aromatic nitrogens is 4. The number of carboxylic acid groups (broad SMARTS) is 2. The SMILES string of the molecule is CC(=O)[C@H](CCC(=O)O)NC(=O)CC[C@H](NC(=O)c1ccc(NCc2cnc3nc(N)[nH]c(=O)c3n2)cc1)C(=O)O. The number of carbonyl (C=O) groups excluding carboxylic acids is 3. The maximum absolute atomic E-state index is 12.6. The van der Waals surface area contributed by atoms with Gasteiger partial charge in [-0.05, 0) is 44.0 Å². The second-order valence-electron chi connectivity index (χ2n) is 8.98. The number of Topliss-reactive ketones (excluding diaryl/α,β-unsaturated/α-hetero) is 1. The van der Waals surface area contributed by atoms with Crippen molar-refractivity contribution in [3.8, 4) is 0 Å². The molecule has 2 amide bonds. The highest BCUT2D eigenvalue weighted by atomic mass is 16.4. The number of nitrogens with two attached hydrogens (primary N) is 1. The first-order valence-electron chi connectivity index (χ1n) is 12.3. The topological polar surface area (TPSA) is 259 Å². The zero-order chi connectivity index (χ0) is 30.1. The molecule has 0 saturated heterocycles. The lowest BCUT2D eigenvalue weighted by Crippen LogP contribution is -2.43. The monoisotopic (exact) mass is 568 g/mol. The van der Waals surface area contributed by atoms with E-state index >= 15 is 0 Å². The number of aromatic amines is 1. The van der Waals surface area contributed by atoms with Gasteiger partial charge in [-0.2, -0.15) is 4.98 Å². The smallest absolute Gasteiger partial charge is 0.326 e. The maximum Gasteiger partial charge on any atom is 0.326 e. The molecule has 16 heteroatoms. The van der Waals surface area contributed by atoms with Gasteiger partial charge in [0.25, 0.3) is 11.5 Å². The van der Waals surface area contributed by atoms with Crippen LogP contribution in [0.4, 0.5) is 11.6 Å². The zero-order valence-corrected chi connectivity index (χ0v) is 21.8. The number of aliphatic carboxylic acids is 2. The van der Waals surface area contributed by atoms with Crippen molar-refractivity contribution < 1.29 is 34.2 Å². The first-order valence-corrected chi connectivity index (χ1v) is 12.3. The van der Waals surface area contributed by atoms with Crippen LogP contribution < -0.4 is 27.2 Å². The number of fused-ring (bicyclic) bond motifs is 1. The number of nitrogens with one attached hydrogen (secondary N) is 4. The average molecular weight is 569 g/mol. The van der Waals surface area contributed by atoms with Crippen molar-refractivity contribution in [2.75, 3.05) is 11.1 Å². The molecule has 3 rings (SSSR count). The summed E-state index contributed by atoms with van der Waals surface area (Å²) in [5.74, 6) is -4.30. The number of anilines is 2. The fourth-order valence-electron chi connectivity index (χ4n) is 3.67. The highest BCUT2D eigenvalue weighted by Crippen LogP contribution is 2.12. The molecule has 16 nitrogen and oxygen atoms in total. The van der Waals surface area contributed by atoms with Crippen molar-refractivity contribution in [1.29, 1.82) is 0 Å². The Bertz CT molecular complexity index is 1520. The second kappa shape index (κ2) is 13.6. The summed E-state index contributed by atoms with van der Waals surface area (Å²) in [4.78, 5) is 85.5. The van der Waals surface area contributed by atoms with Crippen LogP contribution in [-0.4, -0.2) is 71.8 Å². The van der Waals surface area contributed by atoms with Crippen LogP contribution >= 0.6 is 0 Å². The van der Waals surface area contributed by atoms with Crippen molar-refractivity contribution in [2.24, 2.45) is 0 Å². The van der Waals surface area contributed by atoms with E-state index in [-0.39, 0.29) is 54.9 Å². The van der Waals surface area contributed by atoms with E-state index in [1.165, 1.54) is 25.3 Å². The van der Waals surface area contributed by atoms with E-state index in [9.17, 15) is 33.9 Å². The summed E-state index contributed by atoms with van der Waals surface area (Å²) in [6.45, 7) is 1.41. The van der Waals surface area contributed by atoms with Gasteiger partial charge in [-0.15, -0.1) is 0 Å². The van der Waals surface area contributed by atoms with Crippen molar-refractivity contribution in [3.63, 3.8) is 0 Å². The first kappa shape index (κ1) is 30.1. The number of hydrogen-bond acceptors (Lipinski definition) is 11. The number of carbonyl (C=O) groups is 5. The standard InChI is InChI=1S/C25H28N8O8/c1-12(34)16(7-9-19(36)37)30-18(35)8-6-17(24(40)41)31-22(38)13-2-4-14(5-3-13)27-10-15-11-28-21-20(29-15)23(39)33-25(26)32-21/h2-5,11,16-17,27H,6-10H2,1H3,(H,30,35)(H,31,38)(H,36,37)(H,40,41)(H3,26,28,32,33,39)/t16-,17-/m0/s1. The van der Waals surface area contributed by atoms with Crippen molar-refractivity contribution in [2.45, 2.75) is 51.2 Å². The van der Waals surface area contributed by atoms with Crippen LogP contribution in [0.15, 0.2) is 35.3 Å². The molecule has 2 heterocycles. The number of hydrogen-bond donors (Lipinski definition) is 7. The highest BCUT2D eigenvalue weighted by Gasteiger charge is 2.24. The predicted molar refractivity (Wildman–Crippen MR) is 144 cm³/mol. The van der Waals surface area contributed by atoms with Gasteiger partial charge in [0.1, 0.15) is 6.04 Å². The fourth-order valence-corrected chi connectivity index (χ4v) is 3.67. The van der Waals surface area contributed by atoms with Crippen molar-refractivity contribution in [1.82, 2.24) is 30.6 Å². The molecular formula is C25H28N8O8. The summed E-state index contributed by atoms with van der Waals surface area (Å²) < 4.78 is 0. The molecule has 1 aromatic carbocycles. The second-order valence-corrected chi connectivity index (χ2v) is 8.98. The predicted octanol–water partition coefficient (Wildman–Crippen LogP) is -0.191. The van der Waals surface area contributed by atoms with Gasteiger partial charge in [-0.25, -0.2) is 14.8 Å². The third kappa shape index (κ3) is 8.81. The van der Waals surface area contributed by atoms with Gasteiger partial charge >= 0.3 is 11.9 Å². The number of benzene rings is 1. The molecule has 0 aliphatic heterocycles. The quantitative estimate of drug-likeness (QED) is 0.133. The maximum atomic E-state index is 12.6. The molecule has 0 aliphatic rings. The Kier molecular flexibility index (Phi) is 9.99. The van der Waals surface area contributed by atoms with E-state index in [0.717, 1.165) is 0 Å². The Morgan fingerprint density at radius 1 is 0.976 bits per heavy atom. The molecule has 0 unspecified atom stereocenters. The van der Waals surface area contributed by atoms with Gasteiger partial charge in [0, 0.05) is 24.1 Å². The van der Waals surface area contributed by atoms with E-state index < -0.39 is 47.2 Å². The van der Waals surface area contributed by atoms with Crippen LogP contribution in [0, 0.1) is 0 Å². The molecule has 41 heavy (non-hydrogen) atoms. The molecule has 0 fully saturated rings. The summed E-state index contributed by atoms with van der Waals surface area (Å²) in [5.41, 5.74) is 6.33. The van der Waals surface area contributed by atoms with Gasteiger partial charge < -0.3 is 31.9 Å². The summed E-state index contributed by atoms with van der Waals surface area (Å²) in [6, 6.07) is 3.71. The van der Waals surface area contributed by atoms with Crippen LogP contribution in [0.1, 0.15) is 48.7 Å². The van der Waals surface area contributed by atoms with Gasteiger partial charge in [0.05, 0.1) is 24.5 Å². The summed E-state index contributed by atoms with van der Waals surface area (Å²) in [7, 11) is 0. The van der Waals surface area contributed by atoms with E-state index in [1.807, 2.05) is 0 Å². The minimum atomic E-state index is -1.39. The number of rotatable bonds is 14. The molecule has 8 N–H and O–H groups in total. The Morgan fingerprint density at radius 2 is 1.66 bits per heavy atom. The van der Waals surface area contributed by atoms with E-state index in [2.05, 4.69) is 35.9 Å². The number of ketones is 1. The molecule has 2 aromatic heterocycles. The third-order valence-electron chi connectivity index (χ3n) is 5.84. The molecule has 0 spiro atoms. The number of carboxylic acids is 2. The molecule has 0 bridgehead atoms. The number of amides is 2. The van der Waals surface area contributed by atoms with Crippen LogP contribution in [0.3, 0.4) is 0 Å². The summed E-state index contributed by atoms with van der Waals surface area (Å²) in [5, 5.41) is 26.1. The molecule has 0 radical (unpaired) electrons.